The quantitative estimate of drug-likeness (QED) is 0.712. The molecule has 0 aliphatic carbocycles. The topological polar surface area (TPSA) is 59.9 Å². The van der Waals surface area contributed by atoms with Crippen molar-refractivity contribution in [2.24, 2.45) is 0 Å². The van der Waals surface area contributed by atoms with Gasteiger partial charge in [0, 0.05) is 22.9 Å². The highest BCUT2D eigenvalue weighted by molar-refractivity contribution is 7.90. The monoisotopic (exact) mass is 344 g/mol. The van der Waals surface area contributed by atoms with Gasteiger partial charge in [-0.15, -0.1) is 11.3 Å². The van der Waals surface area contributed by atoms with Crippen molar-refractivity contribution < 1.29 is 8.42 Å². The van der Waals surface area contributed by atoms with Crippen LogP contribution in [0, 0.1) is 0 Å². The van der Waals surface area contributed by atoms with E-state index in [0.29, 0.717) is 4.90 Å². The summed E-state index contributed by atoms with van der Waals surface area (Å²) in [7, 11) is -3.18. The first-order chi connectivity index (χ1) is 11.0. The zero-order valence-electron chi connectivity index (χ0n) is 12.6. The first-order valence-electron chi connectivity index (χ1n) is 7.16. The summed E-state index contributed by atoms with van der Waals surface area (Å²) in [5, 5.41) is 2.07. The first kappa shape index (κ1) is 15.8. The summed E-state index contributed by atoms with van der Waals surface area (Å²) in [4.78, 5) is 10.5. The molecule has 0 bridgehead atoms. The van der Waals surface area contributed by atoms with E-state index in [1.54, 1.807) is 48.0 Å². The highest BCUT2D eigenvalue weighted by Crippen LogP contribution is 2.20. The van der Waals surface area contributed by atoms with Crippen LogP contribution in [0.2, 0.25) is 0 Å². The molecule has 2 aromatic heterocycles. The normalized spacial score (nSPS) is 11.5. The average Bonchev–Trinajstić information content (AvgIpc) is 3.06. The third-order valence-electron chi connectivity index (χ3n) is 3.47. The minimum Gasteiger partial charge on any atom is -0.261 e. The number of thiophene rings is 1. The minimum atomic E-state index is -3.18. The van der Waals surface area contributed by atoms with E-state index in [-0.39, 0.29) is 0 Å². The van der Waals surface area contributed by atoms with Crippen LogP contribution in [0.1, 0.15) is 10.6 Å². The highest BCUT2D eigenvalue weighted by atomic mass is 32.2. The zero-order chi connectivity index (χ0) is 16.3. The van der Waals surface area contributed by atoms with Gasteiger partial charge in [0.25, 0.3) is 0 Å². The third-order valence-corrected chi connectivity index (χ3v) is 5.53. The van der Waals surface area contributed by atoms with Crippen LogP contribution >= 0.6 is 11.3 Å². The maximum absolute atomic E-state index is 11.5. The molecule has 23 heavy (non-hydrogen) atoms. The summed E-state index contributed by atoms with van der Waals surface area (Å²) in [6.07, 6.45) is 6.46. The van der Waals surface area contributed by atoms with Crippen LogP contribution in [-0.2, 0) is 22.7 Å². The van der Waals surface area contributed by atoms with E-state index in [1.807, 2.05) is 6.07 Å². The van der Waals surface area contributed by atoms with Crippen LogP contribution in [0.5, 0.6) is 0 Å². The molecule has 0 radical (unpaired) electrons. The lowest BCUT2D eigenvalue weighted by Gasteiger charge is -2.05. The number of hydrogen-bond acceptors (Lipinski definition) is 5. The van der Waals surface area contributed by atoms with Gasteiger partial charge >= 0.3 is 0 Å². The van der Waals surface area contributed by atoms with Gasteiger partial charge in [0.15, 0.2) is 9.84 Å². The van der Waals surface area contributed by atoms with Gasteiger partial charge in [-0.05, 0) is 36.4 Å². The third kappa shape index (κ3) is 4.03. The second-order valence-electron chi connectivity index (χ2n) is 5.27. The lowest BCUT2D eigenvalue weighted by atomic mass is 10.1. The Hall–Kier alpha value is -2.05. The van der Waals surface area contributed by atoms with E-state index in [4.69, 9.17) is 0 Å². The second kappa shape index (κ2) is 6.60. The fourth-order valence-corrected chi connectivity index (χ4v) is 3.58. The molecular weight excluding hydrogens is 328 g/mol. The van der Waals surface area contributed by atoms with Crippen LogP contribution in [-0.4, -0.2) is 24.6 Å². The van der Waals surface area contributed by atoms with E-state index in [0.717, 1.165) is 29.8 Å². The predicted molar refractivity (Wildman–Crippen MR) is 92.3 cm³/mol. The molecule has 0 unspecified atom stereocenters. The van der Waals surface area contributed by atoms with Crippen molar-refractivity contribution in [2.45, 2.75) is 17.7 Å². The molecule has 1 aromatic carbocycles. The summed E-state index contributed by atoms with van der Waals surface area (Å²) in [6, 6.07) is 10.9. The standard InChI is InChI=1S/C17H16N2O2S2/c1-23(20,21)16-8-4-13(5-9-16)17-12-18-11-14(19-17)6-7-15-3-2-10-22-15/h2-5,8-12H,6-7H2,1H3. The number of nitrogens with zero attached hydrogens (tertiary/aromatic N) is 2. The minimum absolute atomic E-state index is 0.308. The number of sulfone groups is 1. The van der Waals surface area contributed by atoms with E-state index in [9.17, 15) is 8.42 Å². The largest absolute Gasteiger partial charge is 0.261 e. The lowest BCUT2D eigenvalue weighted by molar-refractivity contribution is 0.602. The maximum atomic E-state index is 11.5. The van der Waals surface area contributed by atoms with Gasteiger partial charge in [0.2, 0.25) is 0 Å². The van der Waals surface area contributed by atoms with Gasteiger partial charge in [-0.25, -0.2) is 13.4 Å². The van der Waals surface area contributed by atoms with E-state index in [1.165, 1.54) is 11.1 Å². The van der Waals surface area contributed by atoms with Gasteiger partial charge in [-0.3, -0.25) is 4.98 Å². The molecule has 0 spiro atoms. The SMILES string of the molecule is CS(=O)(=O)c1ccc(-c2cncc(CCc3cccs3)n2)cc1. The highest BCUT2D eigenvalue weighted by Gasteiger charge is 2.08. The fraction of sp³-hybridized carbons (Fsp3) is 0.176. The zero-order valence-corrected chi connectivity index (χ0v) is 14.3. The van der Waals surface area contributed by atoms with Crippen molar-refractivity contribution in [1.82, 2.24) is 9.97 Å². The molecular formula is C17H16N2O2S2. The molecule has 118 valence electrons. The number of rotatable bonds is 5. The molecule has 0 fully saturated rings. The Labute approximate surface area is 139 Å². The molecule has 0 amide bonds. The number of hydrogen-bond donors (Lipinski definition) is 0. The Kier molecular flexibility index (Phi) is 4.54. The molecule has 0 aliphatic rings. The van der Waals surface area contributed by atoms with E-state index < -0.39 is 9.84 Å². The summed E-state index contributed by atoms with van der Waals surface area (Å²) < 4.78 is 23.0. The summed E-state index contributed by atoms with van der Waals surface area (Å²) in [5.74, 6) is 0. The molecule has 0 aliphatic heterocycles. The summed E-state index contributed by atoms with van der Waals surface area (Å²) >= 11 is 1.74. The van der Waals surface area contributed by atoms with Crippen molar-refractivity contribution >= 4 is 21.2 Å². The molecule has 0 saturated heterocycles. The molecule has 3 rings (SSSR count). The van der Waals surface area contributed by atoms with Crippen LogP contribution in [0.4, 0.5) is 0 Å². The second-order valence-corrected chi connectivity index (χ2v) is 8.32. The van der Waals surface area contributed by atoms with E-state index in [2.05, 4.69) is 21.4 Å². The molecule has 4 nitrogen and oxygen atoms in total. The molecule has 0 N–H and O–H groups in total. The average molecular weight is 344 g/mol. The lowest BCUT2D eigenvalue weighted by Crippen LogP contribution is -1.98. The van der Waals surface area contributed by atoms with Crippen molar-refractivity contribution in [2.75, 3.05) is 6.26 Å². The van der Waals surface area contributed by atoms with Gasteiger partial charge in [0.1, 0.15) is 0 Å². The fourth-order valence-electron chi connectivity index (χ4n) is 2.24. The van der Waals surface area contributed by atoms with Crippen LogP contribution in [0.15, 0.2) is 59.1 Å². The van der Waals surface area contributed by atoms with Crippen molar-refractivity contribution in [1.29, 1.82) is 0 Å². The smallest absolute Gasteiger partial charge is 0.175 e. The number of aryl methyl sites for hydroxylation is 2. The first-order valence-corrected chi connectivity index (χ1v) is 9.93. The Morgan fingerprint density at radius 2 is 1.83 bits per heavy atom. The van der Waals surface area contributed by atoms with E-state index >= 15 is 0 Å². The van der Waals surface area contributed by atoms with Crippen molar-refractivity contribution in [3.05, 3.63) is 64.7 Å². The molecule has 0 saturated carbocycles. The van der Waals surface area contributed by atoms with Gasteiger partial charge < -0.3 is 0 Å². The Morgan fingerprint density at radius 1 is 1.04 bits per heavy atom. The maximum Gasteiger partial charge on any atom is 0.175 e. The van der Waals surface area contributed by atoms with Crippen molar-refractivity contribution in [3.63, 3.8) is 0 Å². The summed E-state index contributed by atoms with van der Waals surface area (Å²) in [6.45, 7) is 0. The summed E-state index contributed by atoms with van der Waals surface area (Å²) in [5.41, 5.74) is 2.56. The predicted octanol–water partition coefficient (Wildman–Crippen LogP) is 3.39. The van der Waals surface area contributed by atoms with Crippen LogP contribution < -0.4 is 0 Å². The number of aromatic nitrogens is 2. The Morgan fingerprint density at radius 3 is 2.48 bits per heavy atom. The molecule has 0 atom stereocenters. The molecule has 2 heterocycles. The van der Waals surface area contributed by atoms with Crippen molar-refractivity contribution in [3.8, 4) is 11.3 Å². The number of benzene rings is 1. The van der Waals surface area contributed by atoms with Gasteiger partial charge in [-0.2, -0.15) is 0 Å². The van der Waals surface area contributed by atoms with Gasteiger partial charge in [0.05, 0.1) is 22.5 Å². The Balaban J connectivity index is 1.79. The molecule has 6 heteroatoms. The van der Waals surface area contributed by atoms with Crippen LogP contribution in [0.3, 0.4) is 0 Å². The molecule has 3 aromatic rings. The Bertz CT molecular complexity index is 887. The van der Waals surface area contributed by atoms with Crippen LogP contribution in [0.25, 0.3) is 11.3 Å². The van der Waals surface area contributed by atoms with Gasteiger partial charge in [-0.1, -0.05) is 18.2 Å².